The highest BCUT2D eigenvalue weighted by atomic mass is 19.1. The molecule has 4 rings (SSSR count). The van der Waals surface area contributed by atoms with E-state index in [-0.39, 0.29) is 24.4 Å². The lowest BCUT2D eigenvalue weighted by molar-refractivity contribution is -0.137. The van der Waals surface area contributed by atoms with Gasteiger partial charge in [0.2, 0.25) is 0 Å². The number of aliphatic carboxylic acids is 1. The molecule has 1 aromatic rings. The molecule has 26 heavy (non-hydrogen) atoms. The van der Waals surface area contributed by atoms with Crippen molar-refractivity contribution in [2.45, 2.75) is 56.7 Å². The standard InChI is InChI=1S/C19H23FN2O4/c20-11-3-6-14-16(10-11)22(19(25)26)15-8-7-13(15)18(14)21(12-4-5-12)9-1-2-17(23)24/h3,6,10,12-13,15,18H,1-2,4-5,7-9H2,(H,23,24)(H,25,26)/t13-,15-,18?/m1/s1. The molecule has 2 N–H and O–H groups in total. The van der Waals surface area contributed by atoms with E-state index in [1.54, 1.807) is 6.07 Å². The summed E-state index contributed by atoms with van der Waals surface area (Å²) in [6, 6.07) is 4.78. The third-order valence-electron chi connectivity index (χ3n) is 5.98. The Morgan fingerprint density at radius 2 is 1.96 bits per heavy atom. The number of benzene rings is 1. The van der Waals surface area contributed by atoms with Gasteiger partial charge in [-0.25, -0.2) is 9.18 Å². The summed E-state index contributed by atoms with van der Waals surface area (Å²) < 4.78 is 13.9. The van der Waals surface area contributed by atoms with Gasteiger partial charge in [0.25, 0.3) is 0 Å². The molecule has 6 nitrogen and oxygen atoms in total. The van der Waals surface area contributed by atoms with Crippen LogP contribution < -0.4 is 4.90 Å². The highest BCUT2D eigenvalue weighted by molar-refractivity contribution is 5.89. The van der Waals surface area contributed by atoms with Gasteiger partial charge in [0, 0.05) is 24.5 Å². The van der Waals surface area contributed by atoms with Crippen molar-refractivity contribution in [1.29, 1.82) is 0 Å². The van der Waals surface area contributed by atoms with Crippen LogP contribution in [0.2, 0.25) is 0 Å². The van der Waals surface area contributed by atoms with Crippen molar-refractivity contribution in [3.8, 4) is 0 Å². The van der Waals surface area contributed by atoms with Gasteiger partial charge in [-0.05, 0) is 62.3 Å². The van der Waals surface area contributed by atoms with Crippen LogP contribution in [-0.4, -0.2) is 45.8 Å². The number of nitrogens with zero attached hydrogens (tertiary/aromatic N) is 2. The van der Waals surface area contributed by atoms with Crippen molar-refractivity contribution < 1.29 is 24.2 Å². The monoisotopic (exact) mass is 362 g/mol. The molecule has 3 atom stereocenters. The van der Waals surface area contributed by atoms with E-state index < -0.39 is 17.9 Å². The van der Waals surface area contributed by atoms with Gasteiger partial charge in [-0.1, -0.05) is 6.07 Å². The molecule has 1 aliphatic heterocycles. The molecular weight excluding hydrogens is 339 g/mol. The van der Waals surface area contributed by atoms with Gasteiger partial charge >= 0.3 is 12.1 Å². The molecule has 0 saturated heterocycles. The minimum Gasteiger partial charge on any atom is -0.481 e. The van der Waals surface area contributed by atoms with Crippen LogP contribution in [0.3, 0.4) is 0 Å². The van der Waals surface area contributed by atoms with E-state index in [2.05, 4.69) is 4.90 Å². The number of rotatable bonds is 6. The molecule has 7 heteroatoms. The molecule has 0 bridgehead atoms. The van der Waals surface area contributed by atoms with E-state index in [4.69, 9.17) is 5.11 Å². The summed E-state index contributed by atoms with van der Waals surface area (Å²) in [6.07, 6.45) is 3.56. The summed E-state index contributed by atoms with van der Waals surface area (Å²) in [6.45, 7) is 0.675. The van der Waals surface area contributed by atoms with Crippen LogP contribution in [0.1, 0.15) is 50.1 Å². The summed E-state index contributed by atoms with van der Waals surface area (Å²) >= 11 is 0. The van der Waals surface area contributed by atoms with Crippen LogP contribution in [0.25, 0.3) is 0 Å². The zero-order valence-corrected chi connectivity index (χ0v) is 14.5. The fraction of sp³-hybridized carbons (Fsp3) is 0.579. The topological polar surface area (TPSA) is 81.1 Å². The summed E-state index contributed by atoms with van der Waals surface area (Å²) in [4.78, 5) is 26.4. The lowest BCUT2D eigenvalue weighted by Gasteiger charge is -2.54. The summed E-state index contributed by atoms with van der Waals surface area (Å²) in [5.41, 5.74) is 1.31. The Balaban J connectivity index is 1.69. The van der Waals surface area contributed by atoms with Crippen molar-refractivity contribution in [1.82, 2.24) is 4.90 Å². The quantitative estimate of drug-likeness (QED) is 0.810. The lowest BCUT2D eigenvalue weighted by atomic mass is 9.68. The maximum absolute atomic E-state index is 13.9. The fourth-order valence-corrected chi connectivity index (χ4v) is 4.62. The highest BCUT2D eigenvalue weighted by Gasteiger charge is 2.52. The second-order valence-corrected chi connectivity index (χ2v) is 7.58. The second kappa shape index (κ2) is 6.54. The normalized spacial score (nSPS) is 26.8. The predicted molar refractivity (Wildman–Crippen MR) is 92.8 cm³/mol. The Kier molecular flexibility index (Phi) is 4.34. The number of carboxylic acid groups (broad SMARTS) is 2. The molecule has 3 aliphatic rings. The number of carbonyl (C=O) groups is 2. The molecule has 2 saturated carbocycles. The van der Waals surface area contributed by atoms with E-state index in [0.29, 0.717) is 24.7 Å². The summed E-state index contributed by atoms with van der Waals surface area (Å²) in [5, 5.41) is 18.6. The first-order valence-electron chi connectivity index (χ1n) is 9.26. The Labute approximate surface area is 151 Å². The molecule has 140 valence electrons. The van der Waals surface area contributed by atoms with Gasteiger partial charge in [-0.2, -0.15) is 0 Å². The average Bonchev–Trinajstić information content (AvgIpc) is 3.37. The minimum absolute atomic E-state index is 0.0428. The third-order valence-corrected chi connectivity index (χ3v) is 5.98. The molecular formula is C19H23FN2O4. The Bertz CT molecular complexity index is 736. The first kappa shape index (κ1) is 17.3. The van der Waals surface area contributed by atoms with Crippen molar-refractivity contribution in [2.75, 3.05) is 11.4 Å². The SMILES string of the molecule is O=C(O)CCCN(C1CC1)C1c2ccc(F)cc2N(C(=O)O)[C@@H]2CC[C@@H]12. The van der Waals surface area contributed by atoms with Crippen molar-refractivity contribution >= 4 is 17.7 Å². The van der Waals surface area contributed by atoms with E-state index in [1.165, 1.54) is 17.0 Å². The second-order valence-electron chi connectivity index (χ2n) is 7.58. The van der Waals surface area contributed by atoms with Gasteiger partial charge in [0.15, 0.2) is 0 Å². The molecule has 1 amide bonds. The van der Waals surface area contributed by atoms with Crippen LogP contribution in [0, 0.1) is 11.7 Å². The fourth-order valence-electron chi connectivity index (χ4n) is 4.62. The van der Waals surface area contributed by atoms with E-state index >= 15 is 0 Å². The number of hydrogen-bond acceptors (Lipinski definition) is 3. The molecule has 1 unspecified atom stereocenters. The first-order chi connectivity index (χ1) is 12.5. The van der Waals surface area contributed by atoms with Gasteiger partial charge in [-0.15, -0.1) is 0 Å². The average molecular weight is 362 g/mol. The number of anilines is 1. The number of amides is 1. The Morgan fingerprint density at radius 3 is 2.54 bits per heavy atom. The Morgan fingerprint density at radius 1 is 1.19 bits per heavy atom. The largest absolute Gasteiger partial charge is 0.481 e. The lowest BCUT2D eigenvalue weighted by Crippen LogP contribution is -2.58. The maximum Gasteiger partial charge on any atom is 0.412 e. The van der Waals surface area contributed by atoms with Crippen LogP contribution in [0.15, 0.2) is 18.2 Å². The molecule has 2 fully saturated rings. The van der Waals surface area contributed by atoms with Crippen LogP contribution in [-0.2, 0) is 4.79 Å². The van der Waals surface area contributed by atoms with E-state index in [0.717, 1.165) is 31.2 Å². The van der Waals surface area contributed by atoms with E-state index in [9.17, 15) is 19.1 Å². The molecule has 1 heterocycles. The summed E-state index contributed by atoms with van der Waals surface area (Å²) in [5.74, 6) is -1.05. The van der Waals surface area contributed by atoms with Gasteiger partial charge < -0.3 is 10.2 Å². The van der Waals surface area contributed by atoms with Crippen LogP contribution in [0.4, 0.5) is 14.9 Å². The third kappa shape index (κ3) is 2.94. The van der Waals surface area contributed by atoms with Crippen LogP contribution in [0.5, 0.6) is 0 Å². The smallest absolute Gasteiger partial charge is 0.412 e. The zero-order valence-electron chi connectivity index (χ0n) is 14.5. The molecule has 0 aromatic heterocycles. The Hall–Kier alpha value is -2.15. The maximum atomic E-state index is 13.9. The number of carboxylic acids is 1. The number of halogens is 1. The molecule has 0 spiro atoms. The van der Waals surface area contributed by atoms with Crippen molar-refractivity contribution in [3.05, 3.63) is 29.6 Å². The van der Waals surface area contributed by atoms with Gasteiger partial charge in [0.1, 0.15) is 5.82 Å². The molecule has 1 aromatic carbocycles. The van der Waals surface area contributed by atoms with Gasteiger partial charge in [0.05, 0.1) is 5.69 Å². The highest BCUT2D eigenvalue weighted by Crippen LogP contribution is 2.54. The van der Waals surface area contributed by atoms with E-state index in [1.807, 2.05) is 0 Å². The first-order valence-corrected chi connectivity index (χ1v) is 9.26. The zero-order chi connectivity index (χ0) is 18.4. The number of fused-ring (bicyclic) bond motifs is 2. The van der Waals surface area contributed by atoms with Crippen molar-refractivity contribution in [2.24, 2.45) is 5.92 Å². The van der Waals surface area contributed by atoms with Crippen LogP contribution >= 0.6 is 0 Å². The predicted octanol–water partition coefficient (Wildman–Crippen LogP) is 3.47. The molecule has 2 aliphatic carbocycles. The minimum atomic E-state index is -1.03. The van der Waals surface area contributed by atoms with Crippen molar-refractivity contribution in [3.63, 3.8) is 0 Å². The number of hydrogen-bond donors (Lipinski definition) is 2. The molecule has 0 radical (unpaired) electrons. The van der Waals surface area contributed by atoms with Gasteiger partial charge in [-0.3, -0.25) is 14.6 Å². The summed E-state index contributed by atoms with van der Waals surface area (Å²) in [7, 11) is 0.